The summed E-state index contributed by atoms with van der Waals surface area (Å²) in [5, 5.41) is 5.30. The lowest BCUT2D eigenvalue weighted by atomic mass is 10.1. The van der Waals surface area contributed by atoms with E-state index in [1.165, 1.54) is 11.8 Å². The number of rotatable bonds is 8. The third kappa shape index (κ3) is 6.02. The Balaban J connectivity index is 1.51. The maximum atomic E-state index is 13.2. The predicted molar refractivity (Wildman–Crippen MR) is 135 cm³/mol. The smallest absolute Gasteiger partial charge is 0.255 e. The van der Waals surface area contributed by atoms with E-state index in [1.54, 1.807) is 49.7 Å². The van der Waals surface area contributed by atoms with E-state index >= 15 is 0 Å². The quantitative estimate of drug-likeness (QED) is 0.318. The van der Waals surface area contributed by atoms with Gasteiger partial charge in [-0.3, -0.25) is 9.59 Å². The molecule has 0 aliphatic carbocycles. The van der Waals surface area contributed by atoms with Crippen molar-refractivity contribution in [3.63, 3.8) is 0 Å². The molecule has 0 spiro atoms. The molecule has 2 N–H and O–H groups in total. The first-order chi connectivity index (χ1) is 16.6. The van der Waals surface area contributed by atoms with E-state index in [1.807, 2.05) is 60.7 Å². The van der Waals surface area contributed by atoms with Gasteiger partial charge in [-0.2, -0.15) is 0 Å². The van der Waals surface area contributed by atoms with Gasteiger partial charge >= 0.3 is 0 Å². The molecule has 170 valence electrons. The maximum absolute atomic E-state index is 13.2. The molecule has 1 heterocycles. The average molecular weight is 470 g/mol. The molecule has 7 heteroatoms. The van der Waals surface area contributed by atoms with Crippen LogP contribution in [0, 0.1) is 0 Å². The number of thioether (sulfide) groups is 1. The van der Waals surface area contributed by atoms with E-state index in [0.29, 0.717) is 22.8 Å². The van der Waals surface area contributed by atoms with E-state index < -0.39 is 5.25 Å². The van der Waals surface area contributed by atoms with Crippen LogP contribution in [-0.4, -0.2) is 23.9 Å². The normalized spacial score (nSPS) is 11.3. The fourth-order valence-electron chi connectivity index (χ4n) is 3.26. The summed E-state index contributed by atoms with van der Waals surface area (Å²) in [5.41, 5.74) is 2.03. The zero-order valence-electron chi connectivity index (χ0n) is 18.5. The van der Waals surface area contributed by atoms with Gasteiger partial charge in [0, 0.05) is 22.3 Å². The first-order valence-corrected chi connectivity index (χ1v) is 11.5. The van der Waals surface area contributed by atoms with Crippen molar-refractivity contribution in [1.82, 2.24) is 4.98 Å². The maximum Gasteiger partial charge on any atom is 0.255 e. The Morgan fingerprint density at radius 3 is 2.32 bits per heavy atom. The number of hydrogen-bond acceptors (Lipinski definition) is 5. The molecule has 1 atom stereocenters. The summed E-state index contributed by atoms with van der Waals surface area (Å²) in [4.78, 5) is 30.9. The van der Waals surface area contributed by atoms with Crippen LogP contribution in [0.2, 0.25) is 0 Å². The van der Waals surface area contributed by atoms with Gasteiger partial charge in [0.2, 0.25) is 5.91 Å². The highest BCUT2D eigenvalue weighted by atomic mass is 32.2. The third-order valence-electron chi connectivity index (χ3n) is 4.95. The second-order valence-corrected chi connectivity index (χ2v) is 8.50. The van der Waals surface area contributed by atoms with Gasteiger partial charge in [0.05, 0.1) is 7.11 Å². The average Bonchev–Trinajstić information content (AvgIpc) is 2.88. The van der Waals surface area contributed by atoms with Crippen molar-refractivity contribution in [2.24, 2.45) is 0 Å². The van der Waals surface area contributed by atoms with Gasteiger partial charge in [0.1, 0.15) is 16.8 Å². The number of benzene rings is 3. The molecule has 4 aromatic rings. The Bertz CT molecular complexity index is 1250. The van der Waals surface area contributed by atoms with Gasteiger partial charge in [-0.1, -0.05) is 42.5 Å². The summed E-state index contributed by atoms with van der Waals surface area (Å²) < 4.78 is 5.14. The molecule has 34 heavy (non-hydrogen) atoms. The van der Waals surface area contributed by atoms with Crippen LogP contribution in [0.5, 0.6) is 5.75 Å². The fourth-order valence-corrected chi connectivity index (χ4v) is 4.34. The van der Waals surface area contributed by atoms with E-state index in [0.717, 1.165) is 10.5 Å². The predicted octanol–water partition coefficient (Wildman–Crippen LogP) is 5.81. The number of nitrogens with one attached hydrogen (secondary N) is 2. The number of anilines is 2. The lowest BCUT2D eigenvalue weighted by molar-refractivity contribution is -0.115. The number of nitrogens with zero attached hydrogens (tertiary/aromatic N) is 1. The van der Waals surface area contributed by atoms with Crippen LogP contribution in [0.25, 0.3) is 0 Å². The molecular weight excluding hydrogens is 446 g/mol. The van der Waals surface area contributed by atoms with Crippen molar-refractivity contribution in [3.8, 4) is 5.75 Å². The molecule has 0 fully saturated rings. The van der Waals surface area contributed by atoms with Crippen LogP contribution >= 0.6 is 11.8 Å². The molecule has 4 rings (SSSR count). The number of methoxy groups -OCH3 is 1. The Labute approximate surface area is 202 Å². The largest absolute Gasteiger partial charge is 0.497 e. The highest BCUT2D eigenvalue weighted by molar-refractivity contribution is 8.00. The van der Waals surface area contributed by atoms with Gasteiger partial charge in [-0.25, -0.2) is 4.98 Å². The van der Waals surface area contributed by atoms with Gasteiger partial charge in [-0.05, 0) is 60.2 Å². The van der Waals surface area contributed by atoms with E-state index in [4.69, 9.17) is 4.74 Å². The molecule has 0 radical (unpaired) electrons. The minimum Gasteiger partial charge on any atom is -0.497 e. The molecule has 0 aliphatic rings. The van der Waals surface area contributed by atoms with Crippen LogP contribution in [0.15, 0.2) is 108 Å². The SMILES string of the molecule is COc1ccc(C(=O)Nc2cccc(SC(C(=O)Nc3ccccn3)c3ccccc3)c2)cc1. The first-order valence-electron chi connectivity index (χ1n) is 10.6. The second kappa shape index (κ2) is 11.2. The number of ether oxygens (including phenoxy) is 1. The lowest BCUT2D eigenvalue weighted by Gasteiger charge is -2.17. The Kier molecular flexibility index (Phi) is 7.57. The Hall–Kier alpha value is -4.10. The Morgan fingerprint density at radius 1 is 0.853 bits per heavy atom. The van der Waals surface area contributed by atoms with Crippen LogP contribution in [-0.2, 0) is 4.79 Å². The molecule has 1 aromatic heterocycles. The van der Waals surface area contributed by atoms with Crippen LogP contribution in [0.1, 0.15) is 21.2 Å². The standard InChI is InChI=1S/C27H23N3O3S/c1-33-22-15-13-20(14-16-22)26(31)29-21-10-7-11-23(18-21)34-25(19-8-3-2-4-9-19)27(32)30-24-12-5-6-17-28-24/h2-18,25H,1H3,(H,29,31)(H,28,30,32). The Morgan fingerprint density at radius 2 is 1.62 bits per heavy atom. The van der Waals surface area contributed by atoms with Crippen LogP contribution in [0.3, 0.4) is 0 Å². The van der Waals surface area contributed by atoms with Gasteiger partial charge in [0.25, 0.3) is 5.91 Å². The zero-order chi connectivity index (χ0) is 23.8. The lowest BCUT2D eigenvalue weighted by Crippen LogP contribution is -2.19. The van der Waals surface area contributed by atoms with E-state index in [2.05, 4.69) is 15.6 Å². The van der Waals surface area contributed by atoms with Crippen LogP contribution < -0.4 is 15.4 Å². The number of carbonyl (C=O) groups excluding carboxylic acids is 2. The third-order valence-corrected chi connectivity index (χ3v) is 6.20. The van der Waals surface area contributed by atoms with Crippen molar-refractivity contribution < 1.29 is 14.3 Å². The summed E-state index contributed by atoms with van der Waals surface area (Å²) in [5.74, 6) is 0.778. The van der Waals surface area contributed by atoms with Gasteiger partial charge < -0.3 is 15.4 Å². The molecule has 3 aromatic carbocycles. The highest BCUT2D eigenvalue weighted by Gasteiger charge is 2.22. The first kappa shape index (κ1) is 23.1. The molecule has 0 aliphatic heterocycles. The van der Waals surface area contributed by atoms with Crippen LogP contribution in [0.4, 0.5) is 11.5 Å². The monoisotopic (exact) mass is 469 g/mol. The molecule has 0 bridgehead atoms. The highest BCUT2D eigenvalue weighted by Crippen LogP contribution is 2.37. The molecule has 2 amide bonds. The number of amides is 2. The zero-order valence-corrected chi connectivity index (χ0v) is 19.3. The van der Waals surface area contributed by atoms with E-state index in [-0.39, 0.29) is 11.8 Å². The summed E-state index contributed by atoms with van der Waals surface area (Å²) in [7, 11) is 1.58. The number of aromatic nitrogens is 1. The van der Waals surface area contributed by atoms with Crippen molar-refractivity contribution in [3.05, 3.63) is 114 Å². The minimum atomic E-state index is -0.504. The molecule has 1 unspecified atom stereocenters. The molecule has 0 saturated heterocycles. The van der Waals surface area contributed by atoms with E-state index in [9.17, 15) is 9.59 Å². The number of hydrogen-bond donors (Lipinski definition) is 2. The minimum absolute atomic E-state index is 0.178. The molecule has 6 nitrogen and oxygen atoms in total. The molecule has 0 saturated carbocycles. The second-order valence-electron chi connectivity index (χ2n) is 7.32. The summed E-state index contributed by atoms with van der Waals surface area (Å²) in [6.45, 7) is 0. The topological polar surface area (TPSA) is 80.3 Å². The summed E-state index contributed by atoms with van der Waals surface area (Å²) in [6.07, 6.45) is 1.63. The van der Waals surface area contributed by atoms with Gasteiger partial charge in [0.15, 0.2) is 0 Å². The van der Waals surface area contributed by atoms with Crippen molar-refractivity contribution in [2.75, 3.05) is 17.7 Å². The number of carbonyl (C=O) groups is 2. The number of pyridine rings is 1. The van der Waals surface area contributed by atoms with Crippen molar-refractivity contribution in [2.45, 2.75) is 10.1 Å². The van der Waals surface area contributed by atoms with Gasteiger partial charge in [-0.15, -0.1) is 11.8 Å². The summed E-state index contributed by atoms with van der Waals surface area (Å²) >= 11 is 1.40. The van der Waals surface area contributed by atoms with Crippen molar-refractivity contribution in [1.29, 1.82) is 0 Å². The summed E-state index contributed by atoms with van der Waals surface area (Å²) in [6, 6.07) is 29.3. The fraction of sp³-hybridized carbons (Fsp3) is 0.0741. The van der Waals surface area contributed by atoms with Crippen molar-refractivity contribution >= 4 is 35.1 Å². The molecular formula is C27H23N3O3S.